The molecule has 0 saturated carbocycles. The summed E-state index contributed by atoms with van der Waals surface area (Å²) in [7, 11) is 0. The Labute approximate surface area is 196 Å². The smallest absolute Gasteiger partial charge is 0.350 e. The topological polar surface area (TPSA) is 82.2 Å². The number of aromatic nitrogens is 4. The highest BCUT2D eigenvalue weighted by Gasteiger charge is 2.20. The minimum Gasteiger partial charge on any atom is -0.442 e. The number of nitrogens with zero attached hydrogens (tertiary/aromatic N) is 4. The number of hydrogen-bond acceptors (Lipinski definition) is 6. The number of aliphatic hydroxyl groups is 1. The van der Waals surface area contributed by atoms with E-state index in [9.17, 15) is 23.1 Å². The maximum absolute atomic E-state index is 14.8. The second-order valence-electron chi connectivity index (χ2n) is 8.34. The van der Waals surface area contributed by atoms with Gasteiger partial charge in [0.15, 0.2) is 11.6 Å². The summed E-state index contributed by atoms with van der Waals surface area (Å²) in [5, 5.41) is 14.9. The second kappa shape index (κ2) is 9.07. The number of rotatable bonds is 7. The van der Waals surface area contributed by atoms with Crippen LogP contribution in [-0.2, 0) is 13.0 Å². The van der Waals surface area contributed by atoms with Gasteiger partial charge >= 0.3 is 5.69 Å². The molecule has 34 heavy (non-hydrogen) atoms. The van der Waals surface area contributed by atoms with Gasteiger partial charge in [-0.1, -0.05) is 17.4 Å². The number of thiazole rings is 1. The minimum absolute atomic E-state index is 0.0776. The van der Waals surface area contributed by atoms with Gasteiger partial charge in [0.1, 0.15) is 18.0 Å². The highest BCUT2D eigenvalue weighted by atomic mass is 32.1. The normalized spacial score (nSPS) is 11.7. The maximum atomic E-state index is 14.8. The number of benzene rings is 2. The summed E-state index contributed by atoms with van der Waals surface area (Å²) in [5.41, 5.74) is -1.23. The van der Waals surface area contributed by atoms with Crippen LogP contribution in [0.1, 0.15) is 30.1 Å². The van der Waals surface area contributed by atoms with Crippen molar-refractivity contribution in [1.29, 1.82) is 0 Å². The molecular formula is C23H21F3N4O3S. The van der Waals surface area contributed by atoms with E-state index in [1.165, 1.54) is 29.5 Å². The van der Waals surface area contributed by atoms with E-state index in [2.05, 4.69) is 10.1 Å². The van der Waals surface area contributed by atoms with Gasteiger partial charge in [-0.2, -0.15) is 9.78 Å². The molecule has 0 aliphatic carbocycles. The van der Waals surface area contributed by atoms with E-state index in [4.69, 9.17) is 4.74 Å². The largest absolute Gasteiger partial charge is 0.442 e. The van der Waals surface area contributed by atoms with Crippen molar-refractivity contribution in [2.45, 2.75) is 39.3 Å². The van der Waals surface area contributed by atoms with Crippen LogP contribution in [-0.4, -0.2) is 30.0 Å². The Morgan fingerprint density at radius 1 is 1.12 bits per heavy atom. The van der Waals surface area contributed by atoms with E-state index in [-0.39, 0.29) is 23.5 Å². The van der Waals surface area contributed by atoms with Gasteiger partial charge in [0.2, 0.25) is 5.06 Å². The standard InChI is InChI=1S/C23H21F3N4O3S/c1-13-21(34-20(28-13)10-23(2,3)32)33-19-8-7-14(9-18(19)26)30-22(31)29(12-27-30)11-15-16(24)5-4-6-17(15)25/h4-9,12,32H,10-11H2,1-3H3. The van der Waals surface area contributed by atoms with E-state index in [0.717, 1.165) is 33.8 Å². The van der Waals surface area contributed by atoms with Crippen molar-refractivity contribution in [2.75, 3.05) is 0 Å². The van der Waals surface area contributed by atoms with Gasteiger partial charge in [0.25, 0.3) is 0 Å². The fourth-order valence-corrected chi connectivity index (χ4v) is 4.40. The Morgan fingerprint density at radius 2 is 1.82 bits per heavy atom. The third kappa shape index (κ3) is 5.05. The van der Waals surface area contributed by atoms with Crippen molar-refractivity contribution in [3.8, 4) is 16.5 Å². The van der Waals surface area contributed by atoms with E-state index in [1.54, 1.807) is 20.8 Å². The summed E-state index contributed by atoms with van der Waals surface area (Å²) in [6.07, 6.45) is 1.45. The van der Waals surface area contributed by atoms with E-state index >= 15 is 0 Å². The van der Waals surface area contributed by atoms with Crippen molar-refractivity contribution in [1.82, 2.24) is 19.3 Å². The van der Waals surface area contributed by atoms with E-state index < -0.39 is 28.7 Å². The van der Waals surface area contributed by atoms with E-state index in [0.29, 0.717) is 22.2 Å². The SMILES string of the molecule is Cc1nc(CC(C)(C)O)sc1Oc1ccc(-n2ncn(Cc3c(F)cccc3F)c2=O)cc1F. The lowest BCUT2D eigenvalue weighted by Gasteiger charge is -2.14. The highest BCUT2D eigenvalue weighted by Crippen LogP contribution is 2.34. The molecule has 0 aliphatic heterocycles. The fraction of sp³-hybridized carbons (Fsp3) is 0.261. The summed E-state index contributed by atoms with van der Waals surface area (Å²) in [5.74, 6) is -2.38. The zero-order valence-corrected chi connectivity index (χ0v) is 19.4. The van der Waals surface area contributed by atoms with Gasteiger partial charge in [0, 0.05) is 18.1 Å². The molecule has 0 atom stereocenters. The van der Waals surface area contributed by atoms with Crippen molar-refractivity contribution in [2.24, 2.45) is 0 Å². The van der Waals surface area contributed by atoms with Crippen LogP contribution in [0.5, 0.6) is 10.8 Å². The summed E-state index contributed by atoms with van der Waals surface area (Å²) >= 11 is 1.21. The number of halogens is 3. The molecule has 0 fully saturated rings. The first-order valence-corrected chi connectivity index (χ1v) is 11.1. The molecule has 1 N–H and O–H groups in total. The third-order valence-corrected chi connectivity index (χ3v) is 5.90. The molecule has 2 aromatic heterocycles. The highest BCUT2D eigenvalue weighted by molar-refractivity contribution is 7.13. The summed E-state index contributed by atoms with van der Waals surface area (Å²) in [6, 6.07) is 7.29. The van der Waals surface area contributed by atoms with Gasteiger partial charge in [-0.15, -0.1) is 0 Å². The Kier molecular flexibility index (Phi) is 6.32. The summed E-state index contributed by atoms with van der Waals surface area (Å²) < 4.78 is 50.3. The average Bonchev–Trinajstić information content (AvgIpc) is 3.27. The lowest BCUT2D eigenvalue weighted by atomic mass is 10.1. The Morgan fingerprint density at radius 3 is 2.47 bits per heavy atom. The quantitative estimate of drug-likeness (QED) is 0.416. The van der Waals surface area contributed by atoms with Crippen LogP contribution in [0.2, 0.25) is 0 Å². The van der Waals surface area contributed by atoms with E-state index in [1.807, 2.05) is 0 Å². The van der Waals surface area contributed by atoms with Crippen LogP contribution >= 0.6 is 11.3 Å². The summed E-state index contributed by atoms with van der Waals surface area (Å²) in [6.45, 7) is 4.69. The molecule has 2 heterocycles. The van der Waals surface area contributed by atoms with Gasteiger partial charge < -0.3 is 9.84 Å². The van der Waals surface area contributed by atoms with Crippen molar-refractivity contribution in [3.63, 3.8) is 0 Å². The molecule has 0 radical (unpaired) electrons. The molecule has 0 saturated heterocycles. The Hall–Kier alpha value is -3.44. The zero-order valence-electron chi connectivity index (χ0n) is 18.6. The molecule has 4 aromatic rings. The molecule has 0 unspecified atom stereocenters. The molecule has 178 valence electrons. The average molecular weight is 491 g/mol. The van der Waals surface area contributed by atoms with Crippen molar-refractivity contribution >= 4 is 11.3 Å². The molecule has 0 amide bonds. The lowest BCUT2D eigenvalue weighted by molar-refractivity contribution is 0.0809. The minimum atomic E-state index is -0.941. The van der Waals surface area contributed by atoms with Gasteiger partial charge in [0.05, 0.1) is 28.5 Å². The molecule has 11 heteroatoms. The van der Waals surface area contributed by atoms with Gasteiger partial charge in [-0.25, -0.2) is 22.9 Å². The number of hydrogen-bond donors (Lipinski definition) is 1. The van der Waals surface area contributed by atoms with Crippen LogP contribution in [0.25, 0.3) is 5.69 Å². The first-order valence-electron chi connectivity index (χ1n) is 10.3. The predicted octanol–water partition coefficient (Wildman–Crippen LogP) is 4.37. The molecule has 4 rings (SSSR count). The third-order valence-electron chi connectivity index (χ3n) is 4.87. The zero-order chi connectivity index (χ0) is 24.6. The fourth-order valence-electron chi connectivity index (χ4n) is 3.25. The lowest BCUT2D eigenvalue weighted by Crippen LogP contribution is -2.24. The maximum Gasteiger partial charge on any atom is 0.350 e. The number of aryl methyl sites for hydroxylation is 1. The van der Waals surface area contributed by atoms with Crippen LogP contribution in [0, 0.1) is 24.4 Å². The van der Waals surface area contributed by atoms with Crippen molar-refractivity contribution < 1.29 is 23.0 Å². The monoisotopic (exact) mass is 490 g/mol. The first kappa shape index (κ1) is 23.7. The molecule has 0 spiro atoms. The van der Waals surface area contributed by atoms with Crippen LogP contribution in [0.15, 0.2) is 47.5 Å². The van der Waals surface area contributed by atoms with Crippen LogP contribution in [0.3, 0.4) is 0 Å². The predicted molar refractivity (Wildman–Crippen MR) is 120 cm³/mol. The van der Waals surface area contributed by atoms with Crippen molar-refractivity contribution in [3.05, 3.63) is 86.9 Å². The van der Waals surface area contributed by atoms with Crippen LogP contribution in [0.4, 0.5) is 13.2 Å². The number of ether oxygens (including phenoxy) is 1. The molecule has 0 aliphatic rings. The Bertz CT molecular complexity index is 1390. The van der Waals surface area contributed by atoms with Gasteiger partial charge in [-0.05, 0) is 45.0 Å². The van der Waals surface area contributed by atoms with Crippen LogP contribution < -0.4 is 10.4 Å². The molecule has 7 nitrogen and oxygen atoms in total. The van der Waals surface area contributed by atoms with Gasteiger partial charge in [-0.3, -0.25) is 4.57 Å². The Balaban J connectivity index is 1.56. The molecule has 0 bridgehead atoms. The molecular weight excluding hydrogens is 469 g/mol. The summed E-state index contributed by atoms with van der Waals surface area (Å²) in [4.78, 5) is 17.0. The first-order chi connectivity index (χ1) is 16.0. The molecule has 2 aromatic carbocycles. The second-order valence-corrected chi connectivity index (χ2v) is 9.39.